The molecule has 3 aliphatic rings. The fourth-order valence-corrected chi connectivity index (χ4v) is 6.99. The van der Waals surface area contributed by atoms with Crippen molar-refractivity contribution in [2.24, 2.45) is 17.3 Å². The number of carbonyl (C=O) groups excluding carboxylic acids is 2. The lowest BCUT2D eigenvalue weighted by atomic mass is 9.70. The van der Waals surface area contributed by atoms with E-state index in [1.165, 1.54) is 0 Å². The molecular weight excluding hydrogens is 364 g/mol. The SMILES string of the molecule is CC(C)(C)C(=O)NCC1CC2(C1)CC(NC(=O)C1CC=CC1)CCS2(=O)=O. The van der Waals surface area contributed by atoms with Crippen molar-refractivity contribution in [2.45, 2.75) is 70.1 Å². The highest BCUT2D eigenvalue weighted by Gasteiger charge is 2.56. The highest BCUT2D eigenvalue weighted by molar-refractivity contribution is 7.92. The fourth-order valence-electron chi connectivity index (χ4n) is 4.53. The molecule has 1 heterocycles. The van der Waals surface area contributed by atoms with E-state index in [1.54, 1.807) is 0 Å². The smallest absolute Gasteiger partial charge is 0.225 e. The Morgan fingerprint density at radius 1 is 1.11 bits per heavy atom. The topological polar surface area (TPSA) is 92.3 Å². The molecule has 1 atom stereocenters. The van der Waals surface area contributed by atoms with Crippen LogP contribution in [0.2, 0.25) is 0 Å². The second-order valence-electron chi connectivity index (χ2n) is 9.57. The van der Waals surface area contributed by atoms with E-state index in [1.807, 2.05) is 32.9 Å². The Bertz CT molecular complexity index is 722. The molecule has 152 valence electrons. The van der Waals surface area contributed by atoms with Gasteiger partial charge in [0.05, 0.1) is 10.5 Å². The first-order chi connectivity index (χ1) is 12.5. The molecule has 2 amide bonds. The fraction of sp³-hybridized carbons (Fsp3) is 0.800. The molecule has 1 aliphatic heterocycles. The van der Waals surface area contributed by atoms with Gasteiger partial charge in [-0.15, -0.1) is 0 Å². The lowest BCUT2D eigenvalue weighted by Crippen LogP contribution is -2.60. The molecule has 0 bridgehead atoms. The van der Waals surface area contributed by atoms with Crippen molar-refractivity contribution in [1.29, 1.82) is 0 Å². The van der Waals surface area contributed by atoms with Crippen LogP contribution in [0, 0.1) is 17.3 Å². The number of nitrogens with one attached hydrogen (secondary N) is 2. The molecule has 2 aliphatic carbocycles. The van der Waals surface area contributed by atoms with E-state index in [0.717, 1.165) is 12.8 Å². The van der Waals surface area contributed by atoms with Gasteiger partial charge in [-0.25, -0.2) is 8.42 Å². The molecule has 1 saturated heterocycles. The van der Waals surface area contributed by atoms with Gasteiger partial charge in [-0.1, -0.05) is 32.9 Å². The van der Waals surface area contributed by atoms with E-state index in [2.05, 4.69) is 10.6 Å². The zero-order chi connectivity index (χ0) is 19.9. The van der Waals surface area contributed by atoms with Crippen molar-refractivity contribution < 1.29 is 18.0 Å². The highest BCUT2D eigenvalue weighted by atomic mass is 32.2. The van der Waals surface area contributed by atoms with Crippen LogP contribution < -0.4 is 10.6 Å². The van der Waals surface area contributed by atoms with E-state index in [-0.39, 0.29) is 35.4 Å². The predicted octanol–water partition coefficient (Wildman–Crippen LogP) is 1.96. The molecule has 0 aromatic rings. The van der Waals surface area contributed by atoms with Gasteiger partial charge in [0.1, 0.15) is 0 Å². The zero-order valence-electron chi connectivity index (χ0n) is 16.6. The number of sulfone groups is 1. The van der Waals surface area contributed by atoms with Gasteiger partial charge in [0, 0.05) is 23.9 Å². The molecule has 27 heavy (non-hydrogen) atoms. The molecule has 0 aromatic carbocycles. The number of carbonyl (C=O) groups is 2. The predicted molar refractivity (Wildman–Crippen MR) is 105 cm³/mol. The largest absolute Gasteiger partial charge is 0.355 e. The standard InChI is InChI=1S/C20H32N2O4S/c1-19(2,3)18(24)21-13-14-10-20(11-14)12-16(8-9-27(20,25)26)22-17(23)15-6-4-5-7-15/h4-5,14-16H,6-13H2,1-3H3,(H,21,24)(H,22,23). The lowest BCUT2D eigenvalue weighted by Gasteiger charge is -2.51. The Morgan fingerprint density at radius 3 is 2.33 bits per heavy atom. The van der Waals surface area contributed by atoms with Crippen molar-refractivity contribution in [3.63, 3.8) is 0 Å². The Kier molecular flexibility index (Phi) is 5.45. The first-order valence-corrected chi connectivity index (χ1v) is 11.6. The van der Waals surface area contributed by atoms with Crippen molar-refractivity contribution in [2.75, 3.05) is 12.3 Å². The van der Waals surface area contributed by atoms with E-state index < -0.39 is 20.0 Å². The van der Waals surface area contributed by atoms with Gasteiger partial charge < -0.3 is 10.6 Å². The van der Waals surface area contributed by atoms with Crippen LogP contribution in [0.4, 0.5) is 0 Å². The summed E-state index contributed by atoms with van der Waals surface area (Å²) in [5, 5.41) is 6.04. The van der Waals surface area contributed by atoms with Crippen LogP contribution in [-0.4, -0.2) is 43.3 Å². The number of allylic oxidation sites excluding steroid dienone is 2. The molecule has 3 rings (SSSR count). The average molecular weight is 397 g/mol. The van der Waals surface area contributed by atoms with Gasteiger partial charge in [0.15, 0.2) is 9.84 Å². The summed E-state index contributed by atoms with van der Waals surface area (Å²) in [5.41, 5.74) is -0.442. The summed E-state index contributed by atoms with van der Waals surface area (Å²) in [6.45, 7) is 6.12. The lowest BCUT2D eigenvalue weighted by molar-refractivity contribution is -0.129. The average Bonchev–Trinajstić information content (AvgIpc) is 3.06. The summed E-state index contributed by atoms with van der Waals surface area (Å²) in [4.78, 5) is 24.4. The molecule has 2 N–H and O–H groups in total. The Balaban J connectivity index is 1.54. The molecule has 2 fully saturated rings. The first kappa shape index (κ1) is 20.4. The van der Waals surface area contributed by atoms with E-state index in [0.29, 0.717) is 32.2 Å². The molecule has 0 aromatic heterocycles. The second-order valence-corrected chi connectivity index (χ2v) is 12.1. The molecule has 1 spiro atoms. The van der Waals surface area contributed by atoms with Crippen LogP contribution in [0.15, 0.2) is 12.2 Å². The molecule has 6 nitrogen and oxygen atoms in total. The Morgan fingerprint density at radius 2 is 1.74 bits per heavy atom. The number of amides is 2. The maximum absolute atomic E-state index is 12.7. The van der Waals surface area contributed by atoms with Crippen molar-refractivity contribution in [3.8, 4) is 0 Å². The van der Waals surface area contributed by atoms with Gasteiger partial charge in [-0.2, -0.15) is 0 Å². The highest BCUT2D eigenvalue weighted by Crippen LogP contribution is 2.50. The first-order valence-electron chi connectivity index (χ1n) is 9.98. The molecular formula is C20H32N2O4S. The minimum absolute atomic E-state index is 0.00114. The Labute approximate surface area is 162 Å². The van der Waals surface area contributed by atoms with E-state index in [9.17, 15) is 18.0 Å². The normalized spacial score (nSPS) is 32.9. The number of hydrogen-bond donors (Lipinski definition) is 2. The minimum atomic E-state index is -3.15. The third kappa shape index (κ3) is 4.23. The summed E-state index contributed by atoms with van der Waals surface area (Å²) < 4.78 is 24.7. The van der Waals surface area contributed by atoms with Gasteiger partial charge in [-0.3, -0.25) is 9.59 Å². The third-order valence-corrected chi connectivity index (χ3v) is 8.88. The van der Waals surface area contributed by atoms with Crippen molar-refractivity contribution in [1.82, 2.24) is 10.6 Å². The summed E-state index contributed by atoms with van der Waals surface area (Å²) >= 11 is 0. The maximum Gasteiger partial charge on any atom is 0.225 e. The van der Waals surface area contributed by atoms with Crippen LogP contribution in [0.5, 0.6) is 0 Å². The van der Waals surface area contributed by atoms with E-state index in [4.69, 9.17) is 0 Å². The van der Waals surface area contributed by atoms with Crippen molar-refractivity contribution >= 4 is 21.7 Å². The summed E-state index contributed by atoms with van der Waals surface area (Å²) in [5.74, 6) is 0.376. The summed E-state index contributed by atoms with van der Waals surface area (Å²) in [6, 6.07) is -0.0632. The summed E-state index contributed by atoms with van der Waals surface area (Å²) in [7, 11) is -3.15. The third-order valence-electron chi connectivity index (χ3n) is 6.29. The Hall–Kier alpha value is -1.37. The van der Waals surface area contributed by atoms with Crippen LogP contribution in [0.25, 0.3) is 0 Å². The minimum Gasteiger partial charge on any atom is -0.355 e. The van der Waals surface area contributed by atoms with Gasteiger partial charge in [0.2, 0.25) is 11.8 Å². The van der Waals surface area contributed by atoms with Crippen LogP contribution in [0.1, 0.15) is 59.3 Å². The summed E-state index contributed by atoms with van der Waals surface area (Å²) in [6.07, 6.45) is 7.77. The molecule has 1 saturated carbocycles. The zero-order valence-corrected chi connectivity index (χ0v) is 17.4. The number of rotatable bonds is 4. The van der Waals surface area contributed by atoms with Gasteiger partial charge in [-0.05, 0) is 44.4 Å². The van der Waals surface area contributed by atoms with Crippen LogP contribution in [-0.2, 0) is 19.4 Å². The van der Waals surface area contributed by atoms with Crippen LogP contribution in [0.3, 0.4) is 0 Å². The second kappa shape index (κ2) is 7.22. The van der Waals surface area contributed by atoms with Gasteiger partial charge >= 0.3 is 0 Å². The monoisotopic (exact) mass is 396 g/mol. The van der Waals surface area contributed by atoms with E-state index >= 15 is 0 Å². The van der Waals surface area contributed by atoms with Crippen LogP contribution >= 0.6 is 0 Å². The quantitative estimate of drug-likeness (QED) is 0.711. The van der Waals surface area contributed by atoms with Crippen molar-refractivity contribution in [3.05, 3.63) is 12.2 Å². The maximum atomic E-state index is 12.7. The molecule has 0 radical (unpaired) electrons. The number of hydrogen-bond acceptors (Lipinski definition) is 4. The molecule has 7 heteroatoms. The molecule has 1 unspecified atom stereocenters. The van der Waals surface area contributed by atoms with Gasteiger partial charge in [0.25, 0.3) is 0 Å².